The molecule has 1 saturated heterocycles. The number of carboxylic acids is 2. The van der Waals surface area contributed by atoms with Gasteiger partial charge in [-0.25, -0.2) is 9.59 Å². The number of carboxylic acid groups (broad SMARTS) is 2. The van der Waals surface area contributed by atoms with Crippen LogP contribution in [0.2, 0.25) is 5.02 Å². The van der Waals surface area contributed by atoms with E-state index in [1.165, 1.54) is 6.07 Å². The van der Waals surface area contributed by atoms with Crippen molar-refractivity contribution in [1.29, 1.82) is 0 Å². The van der Waals surface area contributed by atoms with Gasteiger partial charge in [-0.3, -0.25) is 14.5 Å². The Morgan fingerprint density at radius 3 is 1.95 bits per heavy atom. The number of alkyl halides is 3. The van der Waals surface area contributed by atoms with Crippen molar-refractivity contribution in [3.8, 4) is 0 Å². The summed E-state index contributed by atoms with van der Waals surface area (Å²) in [5.41, 5.74) is 1.24. The number of amides is 2. The molecule has 2 aromatic rings. The second-order valence-electron chi connectivity index (χ2n) is 9.86. The molecule has 10 nitrogen and oxygen atoms in total. The van der Waals surface area contributed by atoms with Crippen LogP contribution in [0.1, 0.15) is 41.5 Å². The maximum atomic E-state index is 12.5. The van der Waals surface area contributed by atoms with E-state index in [2.05, 4.69) is 15.5 Å². The van der Waals surface area contributed by atoms with Crippen LogP contribution in [0.15, 0.2) is 42.5 Å². The molecule has 1 heterocycles. The van der Waals surface area contributed by atoms with Crippen LogP contribution in [0, 0.1) is 0 Å². The first-order valence-corrected chi connectivity index (χ1v) is 12.4. The minimum absolute atomic E-state index is 0.0250. The largest absolute Gasteiger partial charge is 0.490 e. The summed E-state index contributed by atoms with van der Waals surface area (Å²) < 4.78 is 31.7. The van der Waals surface area contributed by atoms with E-state index in [0.717, 1.165) is 0 Å². The highest BCUT2D eigenvalue weighted by molar-refractivity contribution is 6.30. The van der Waals surface area contributed by atoms with Gasteiger partial charge in [-0.2, -0.15) is 13.2 Å². The van der Waals surface area contributed by atoms with Gasteiger partial charge in [-0.15, -0.1) is 0 Å². The second kappa shape index (κ2) is 13.5. The predicted molar refractivity (Wildman–Crippen MR) is 143 cm³/mol. The maximum Gasteiger partial charge on any atom is 0.490 e. The van der Waals surface area contributed by atoms with Crippen LogP contribution in [0.4, 0.5) is 24.5 Å². The zero-order valence-electron chi connectivity index (χ0n) is 22.0. The quantitative estimate of drug-likeness (QED) is 0.399. The van der Waals surface area contributed by atoms with Gasteiger partial charge in [0.25, 0.3) is 5.91 Å². The molecule has 0 aliphatic carbocycles. The molecule has 1 fully saturated rings. The Labute approximate surface area is 233 Å². The van der Waals surface area contributed by atoms with Gasteiger partial charge >= 0.3 is 18.1 Å². The molecule has 0 bridgehead atoms. The normalized spacial score (nSPS) is 14.0. The number of nitrogens with zero attached hydrogens (tertiary/aromatic N) is 2. The third-order valence-corrected chi connectivity index (χ3v) is 5.68. The second-order valence-corrected chi connectivity index (χ2v) is 10.3. The number of piperazine rings is 1. The molecular weight excluding hydrogens is 557 g/mol. The summed E-state index contributed by atoms with van der Waals surface area (Å²) >= 11 is 5.86. The van der Waals surface area contributed by atoms with Crippen molar-refractivity contribution in [2.45, 2.75) is 32.5 Å². The van der Waals surface area contributed by atoms with E-state index in [4.69, 9.17) is 21.5 Å². The first kappa shape index (κ1) is 32.4. The van der Waals surface area contributed by atoms with Crippen LogP contribution in [-0.4, -0.2) is 83.3 Å². The van der Waals surface area contributed by atoms with Gasteiger partial charge in [0, 0.05) is 48.0 Å². The minimum Gasteiger partial charge on any atom is -0.478 e. The first-order valence-electron chi connectivity index (χ1n) is 12.0. The van der Waals surface area contributed by atoms with Crippen molar-refractivity contribution in [1.82, 2.24) is 10.2 Å². The van der Waals surface area contributed by atoms with Crippen LogP contribution in [0.3, 0.4) is 0 Å². The Balaban J connectivity index is 0.000000708. The monoisotopic (exact) mass is 586 g/mol. The highest BCUT2D eigenvalue weighted by atomic mass is 35.5. The molecule has 0 spiro atoms. The summed E-state index contributed by atoms with van der Waals surface area (Å²) in [7, 11) is 0. The van der Waals surface area contributed by atoms with E-state index in [1.54, 1.807) is 36.4 Å². The van der Waals surface area contributed by atoms with E-state index in [1.807, 2.05) is 25.7 Å². The van der Waals surface area contributed by atoms with Gasteiger partial charge in [0.15, 0.2) is 0 Å². The smallest absolute Gasteiger partial charge is 0.478 e. The van der Waals surface area contributed by atoms with Crippen molar-refractivity contribution in [3.05, 3.63) is 58.6 Å². The maximum absolute atomic E-state index is 12.5. The fraction of sp³-hybridized carbons (Fsp3) is 0.385. The zero-order valence-corrected chi connectivity index (χ0v) is 22.8. The third kappa shape index (κ3) is 10.4. The molecule has 2 amide bonds. The van der Waals surface area contributed by atoms with Gasteiger partial charge < -0.3 is 25.7 Å². The lowest BCUT2D eigenvalue weighted by Crippen LogP contribution is -2.52. The van der Waals surface area contributed by atoms with E-state index in [-0.39, 0.29) is 22.9 Å². The highest BCUT2D eigenvalue weighted by Crippen LogP contribution is 2.26. The van der Waals surface area contributed by atoms with Crippen LogP contribution >= 0.6 is 11.6 Å². The van der Waals surface area contributed by atoms with Crippen molar-refractivity contribution >= 4 is 46.7 Å². The molecule has 40 heavy (non-hydrogen) atoms. The molecule has 0 unspecified atom stereocenters. The van der Waals surface area contributed by atoms with E-state index < -0.39 is 18.1 Å². The molecule has 0 saturated carbocycles. The number of nitrogens with one attached hydrogen (secondary N) is 2. The number of carbonyl (C=O) groups is 4. The predicted octanol–water partition coefficient (Wildman–Crippen LogP) is 3.96. The summed E-state index contributed by atoms with van der Waals surface area (Å²) in [5, 5.41) is 23.1. The number of carbonyl (C=O) groups excluding carboxylic acids is 2. The number of aliphatic carboxylic acids is 1. The molecule has 14 heteroatoms. The van der Waals surface area contributed by atoms with E-state index in [0.29, 0.717) is 54.7 Å². The Hall–Kier alpha value is -3.84. The number of halogens is 4. The highest BCUT2D eigenvalue weighted by Gasteiger charge is 2.38. The Kier molecular flexibility index (Phi) is 10.9. The molecule has 1 aliphatic rings. The number of anilines is 2. The van der Waals surface area contributed by atoms with Gasteiger partial charge in [-0.05, 0) is 63.2 Å². The molecule has 1 aliphatic heterocycles. The summed E-state index contributed by atoms with van der Waals surface area (Å²) in [6.07, 6.45) is -5.08. The lowest BCUT2D eigenvalue weighted by atomic mass is 10.1. The van der Waals surface area contributed by atoms with E-state index in [9.17, 15) is 32.7 Å². The first-order chi connectivity index (χ1) is 18.5. The van der Waals surface area contributed by atoms with Crippen LogP contribution in [-0.2, 0) is 9.59 Å². The Morgan fingerprint density at radius 1 is 0.925 bits per heavy atom. The van der Waals surface area contributed by atoms with Gasteiger partial charge in [0.2, 0.25) is 5.91 Å². The molecule has 0 radical (unpaired) electrons. The van der Waals surface area contributed by atoms with Crippen molar-refractivity contribution in [2.24, 2.45) is 0 Å². The van der Waals surface area contributed by atoms with Crippen LogP contribution in [0.5, 0.6) is 0 Å². The number of hydrogen-bond acceptors (Lipinski definition) is 6. The van der Waals surface area contributed by atoms with E-state index >= 15 is 0 Å². The Bertz CT molecular complexity index is 1220. The summed E-state index contributed by atoms with van der Waals surface area (Å²) in [5.74, 6) is -4.20. The molecule has 0 aromatic heterocycles. The van der Waals surface area contributed by atoms with Crippen molar-refractivity contribution < 1.29 is 42.6 Å². The number of rotatable bonds is 6. The number of aromatic carboxylic acids is 1. The minimum atomic E-state index is -5.08. The molecule has 2 aromatic carbocycles. The molecule has 4 N–H and O–H groups in total. The topological polar surface area (TPSA) is 139 Å². The van der Waals surface area contributed by atoms with Crippen LogP contribution < -0.4 is 15.5 Å². The van der Waals surface area contributed by atoms with Crippen molar-refractivity contribution in [2.75, 3.05) is 42.9 Å². The lowest BCUT2D eigenvalue weighted by Gasteiger charge is -2.36. The zero-order chi connectivity index (χ0) is 30.3. The molecule has 218 valence electrons. The fourth-order valence-corrected chi connectivity index (χ4v) is 3.80. The summed E-state index contributed by atoms with van der Waals surface area (Å²) in [6.45, 7) is 8.62. The van der Waals surface area contributed by atoms with Gasteiger partial charge in [0.1, 0.15) is 0 Å². The number of benzene rings is 2. The fourth-order valence-electron chi connectivity index (χ4n) is 3.67. The van der Waals surface area contributed by atoms with Gasteiger partial charge in [0.05, 0.1) is 17.8 Å². The third-order valence-electron chi connectivity index (χ3n) is 5.43. The molecule has 0 atom stereocenters. The lowest BCUT2D eigenvalue weighted by molar-refractivity contribution is -0.192. The summed E-state index contributed by atoms with van der Waals surface area (Å²) in [4.78, 5) is 49.5. The average molecular weight is 587 g/mol. The number of hydrogen-bond donors (Lipinski definition) is 4. The molecule has 3 rings (SSSR count). The standard InChI is InChI=1S/C24H29ClN4O4.C2HF3O2/c1-24(2,3)27-21(30)15-28-10-12-29(13-11-28)20-9-8-18(14-19(20)23(32)33)26-22(31)16-4-6-17(25)7-5-16;3-2(4,5)1(6)7/h4-9,14H,10-13,15H2,1-3H3,(H,26,31)(H,27,30)(H,32,33);(H,6,7). The SMILES string of the molecule is CC(C)(C)NC(=O)CN1CCN(c2ccc(NC(=O)c3ccc(Cl)cc3)cc2C(=O)O)CC1.O=C(O)C(F)(F)F. The average Bonchev–Trinajstić information content (AvgIpc) is 2.83. The molecular formula is C26H30ClF3N4O6. The summed E-state index contributed by atoms with van der Waals surface area (Å²) in [6, 6.07) is 11.3. The van der Waals surface area contributed by atoms with Gasteiger partial charge in [-0.1, -0.05) is 11.6 Å². The Morgan fingerprint density at radius 2 is 1.48 bits per heavy atom. The van der Waals surface area contributed by atoms with Crippen LogP contribution in [0.25, 0.3) is 0 Å². The van der Waals surface area contributed by atoms with Crippen molar-refractivity contribution in [3.63, 3.8) is 0 Å².